The molecule has 0 bridgehead atoms. The monoisotopic (exact) mass is 218 g/mol. The van der Waals surface area contributed by atoms with Crippen molar-refractivity contribution < 1.29 is 9.53 Å². The predicted octanol–water partition coefficient (Wildman–Crippen LogP) is 1.82. The fourth-order valence-corrected chi connectivity index (χ4v) is 1.26. The normalized spacial score (nSPS) is 9.31. The van der Waals surface area contributed by atoms with E-state index in [9.17, 15) is 4.79 Å². The van der Waals surface area contributed by atoms with E-state index in [1.165, 1.54) is 0 Å². The Bertz CT molecular complexity index is 392. The van der Waals surface area contributed by atoms with Crippen molar-refractivity contribution in [3.63, 3.8) is 0 Å². The van der Waals surface area contributed by atoms with Crippen LogP contribution in [0, 0.1) is 11.3 Å². The number of esters is 1. The number of hydrogen-bond acceptors (Lipinski definition) is 4. The standard InChI is InChI=1S/C12H14N2O2/c1-3-16-12(15)10-4-6-11(7-5-10)14(2)9-8-13/h4-7H,3,9H2,1-2H3. The third-order valence-corrected chi connectivity index (χ3v) is 2.13. The molecule has 0 atom stereocenters. The molecule has 16 heavy (non-hydrogen) atoms. The summed E-state index contributed by atoms with van der Waals surface area (Å²) in [5, 5.41) is 8.54. The molecule has 0 spiro atoms. The summed E-state index contributed by atoms with van der Waals surface area (Å²) in [7, 11) is 1.82. The summed E-state index contributed by atoms with van der Waals surface area (Å²) in [4.78, 5) is 13.2. The number of anilines is 1. The number of nitriles is 1. The van der Waals surface area contributed by atoms with Gasteiger partial charge < -0.3 is 9.64 Å². The van der Waals surface area contributed by atoms with Crippen LogP contribution in [0.1, 0.15) is 17.3 Å². The SMILES string of the molecule is CCOC(=O)c1ccc(N(C)CC#N)cc1. The lowest BCUT2D eigenvalue weighted by Gasteiger charge is -2.15. The van der Waals surface area contributed by atoms with Gasteiger partial charge in [-0.15, -0.1) is 0 Å². The average molecular weight is 218 g/mol. The lowest BCUT2D eigenvalue weighted by Crippen LogP contribution is -2.17. The Morgan fingerprint density at radius 2 is 2.06 bits per heavy atom. The van der Waals surface area contributed by atoms with E-state index in [1.54, 1.807) is 36.1 Å². The van der Waals surface area contributed by atoms with Crippen LogP contribution < -0.4 is 4.90 Å². The molecule has 0 aliphatic heterocycles. The first-order valence-corrected chi connectivity index (χ1v) is 5.04. The number of carbonyl (C=O) groups is 1. The first kappa shape index (κ1) is 12.1. The Morgan fingerprint density at radius 1 is 1.44 bits per heavy atom. The zero-order valence-corrected chi connectivity index (χ0v) is 9.43. The van der Waals surface area contributed by atoms with Crippen molar-refractivity contribution in [1.82, 2.24) is 0 Å². The van der Waals surface area contributed by atoms with Crippen LogP contribution in [-0.2, 0) is 4.74 Å². The van der Waals surface area contributed by atoms with Crippen LogP contribution in [0.25, 0.3) is 0 Å². The van der Waals surface area contributed by atoms with Crippen LogP contribution in [-0.4, -0.2) is 26.2 Å². The molecule has 1 rings (SSSR count). The van der Waals surface area contributed by atoms with Crippen molar-refractivity contribution in [2.75, 3.05) is 25.1 Å². The van der Waals surface area contributed by atoms with E-state index in [-0.39, 0.29) is 5.97 Å². The molecule has 0 unspecified atom stereocenters. The van der Waals surface area contributed by atoms with Crippen LogP contribution in [0.5, 0.6) is 0 Å². The van der Waals surface area contributed by atoms with E-state index in [4.69, 9.17) is 10.00 Å². The lowest BCUT2D eigenvalue weighted by molar-refractivity contribution is 0.0526. The molecule has 0 heterocycles. The molecule has 0 aromatic heterocycles. The molecule has 0 aliphatic rings. The van der Waals surface area contributed by atoms with E-state index in [0.717, 1.165) is 5.69 Å². The zero-order valence-electron chi connectivity index (χ0n) is 9.43. The van der Waals surface area contributed by atoms with Crippen molar-refractivity contribution in [1.29, 1.82) is 5.26 Å². The Kier molecular flexibility index (Phi) is 4.34. The number of hydrogen-bond donors (Lipinski definition) is 0. The lowest BCUT2D eigenvalue weighted by atomic mass is 10.2. The smallest absolute Gasteiger partial charge is 0.338 e. The van der Waals surface area contributed by atoms with Gasteiger partial charge in [0.15, 0.2) is 0 Å². The van der Waals surface area contributed by atoms with Crippen LogP contribution in [0.15, 0.2) is 24.3 Å². The van der Waals surface area contributed by atoms with Crippen LogP contribution in [0.4, 0.5) is 5.69 Å². The first-order valence-electron chi connectivity index (χ1n) is 5.04. The number of carbonyl (C=O) groups excluding carboxylic acids is 1. The summed E-state index contributed by atoms with van der Waals surface area (Å²) < 4.78 is 4.87. The van der Waals surface area contributed by atoms with Gasteiger partial charge in [0.05, 0.1) is 18.2 Å². The van der Waals surface area contributed by atoms with Gasteiger partial charge in [-0.1, -0.05) is 0 Å². The molecule has 84 valence electrons. The maximum Gasteiger partial charge on any atom is 0.338 e. The number of ether oxygens (including phenoxy) is 1. The van der Waals surface area contributed by atoms with Gasteiger partial charge in [-0.05, 0) is 31.2 Å². The molecular formula is C12H14N2O2. The summed E-state index contributed by atoms with van der Waals surface area (Å²) >= 11 is 0. The second kappa shape index (κ2) is 5.76. The Balaban J connectivity index is 2.75. The van der Waals surface area contributed by atoms with Crippen molar-refractivity contribution in [3.8, 4) is 6.07 Å². The molecule has 0 saturated heterocycles. The van der Waals surface area contributed by atoms with Gasteiger partial charge in [0.25, 0.3) is 0 Å². The summed E-state index contributed by atoms with van der Waals surface area (Å²) in [5.74, 6) is -0.322. The summed E-state index contributed by atoms with van der Waals surface area (Å²) in [6.45, 7) is 2.46. The van der Waals surface area contributed by atoms with Crippen molar-refractivity contribution >= 4 is 11.7 Å². The van der Waals surface area contributed by atoms with Gasteiger partial charge in [-0.2, -0.15) is 5.26 Å². The minimum absolute atomic E-state index is 0.318. The summed E-state index contributed by atoms with van der Waals surface area (Å²) in [6.07, 6.45) is 0. The van der Waals surface area contributed by atoms with Crippen molar-refractivity contribution in [2.45, 2.75) is 6.92 Å². The zero-order chi connectivity index (χ0) is 12.0. The summed E-state index contributed by atoms with van der Waals surface area (Å²) in [6, 6.07) is 9.04. The van der Waals surface area contributed by atoms with Gasteiger partial charge in [-0.25, -0.2) is 4.79 Å². The Hall–Kier alpha value is -2.02. The molecule has 4 heteroatoms. The van der Waals surface area contributed by atoms with Gasteiger partial charge in [-0.3, -0.25) is 0 Å². The van der Waals surface area contributed by atoms with Crippen LogP contribution >= 0.6 is 0 Å². The van der Waals surface area contributed by atoms with E-state index >= 15 is 0 Å². The molecule has 0 amide bonds. The second-order valence-corrected chi connectivity index (χ2v) is 3.28. The first-order chi connectivity index (χ1) is 7.69. The molecular weight excluding hydrogens is 204 g/mol. The minimum atomic E-state index is -0.322. The molecule has 0 aliphatic carbocycles. The van der Waals surface area contributed by atoms with Crippen LogP contribution in [0.3, 0.4) is 0 Å². The third-order valence-electron chi connectivity index (χ3n) is 2.13. The Labute approximate surface area is 95.0 Å². The molecule has 1 aromatic carbocycles. The van der Waals surface area contributed by atoms with Gasteiger partial charge in [0.2, 0.25) is 0 Å². The van der Waals surface area contributed by atoms with Gasteiger partial charge in [0, 0.05) is 12.7 Å². The van der Waals surface area contributed by atoms with E-state index < -0.39 is 0 Å². The molecule has 1 aromatic rings. The maximum atomic E-state index is 11.4. The largest absolute Gasteiger partial charge is 0.462 e. The van der Waals surface area contributed by atoms with E-state index in [2.05, 4.69) is 6.07 Å². The van der Waals surface area contributed by atoms with Crippen molar-refractivity contribution in [3.05, 3.63) is 29.8 Å². The minimum Gasteiger partial charge on any atom is -0.462 e. The fraction of sp³-hybridized carbons (Fsp3) is 0.333. The van der Waals surface area contributed by atoms with Gasteiger partial charge in [0.1, 0.15) is 6.54 Å². The number of benzene rings is 1. The maximum absolute atomic E-state index is 11.4. The number of nitrogens with zero attached hydrogens (tertiary/aromatic N) is 2. The van der Waals surface area contributed by atoms with E-state index in [1.807, 2.05) is 7.05 Å². The molecule has 0 saturated carbocycles. The second-order valence-electron chi connectivity index (χ2n) is 3.28. The van der Waals surface area contributed by atoms with E-state index in [0.29, 0.717) is 18.7 Å². The molecule has 0 radical (unpaired) electrons. The Morgan fingerprint density at radius 3 is 2.56 bits per heavy atom. The highest BCUT2D eigenvalue weighted by molar-refractivity contribution is 5.89. The van der Waals surface area contributed by atoms with Gasteiger partial charge >= 0.3 is 5.97 Å². The average Bonchev–Trinajstić information content (AvgIpc) is 2.30. The summed E-state index contributed by atoms with van der Waals surface area (Å²) in [5.41, 5.74) is 1.42. The molecule has 0 fully saturated rings. The highest BCUT2D eigenvalue weighted by Gasteiger charge is 2.06. The predicted molar refractivity (Wildman–Crippen MR) is 61.3 cm³/mol. The van der Waals surface area contributed by atoms with Crippen molar-refractivity contribution in [2.24, 2.45) is 0 Å². The highest BCUT2D eigenvalue weighted by atomic mass is 16.5. The number of rotatable bonds is 4. The fourth-order valence-electron chi connectivity index (χ4n) is 1.26. The molecule has 0 N–H and O–H groups in total. The quantitative estimate of drug-likeness (QED) is 0.571. The topological polar surface area (TPSA) is 53.3 Å². The van der Waals surface area contributed by atoms with Crippen LogP contribution in [0.2, 0.25) is 0 Å². The highest BCUT2D eigenvalue weighted by Crippen LogP contribution is 2.13. The third kappa shape index (κ3) is 2.99. The molecule has 4 nitrogen and oxygen atoms in total.